The first-order valence-electron chi connectivity index (χ1n) is 8.41. The maximum atomic E-state index is 10.4. The fourth-order valence-electron chi connectivity index (χ4n) is 1.61. The van der Waals surface area contributed by atoms with E-state index in [0.29, 0.717) is 13.0 Å². The molecule has 11 heteroatoms. The fraction of sp³-hybridized carbons (Fsp3) is 0.471. The highest BCUT2D eigenvalue weighted by molar-refractivity contribution is 5.73. The van der Waals surface area contributed by atoms with Crippen LogP contribution in [-0.4, -0.2) is 63.5 Å². The lowest BCUT2D eigenvalue weighted by Gasteiger charge is -2.05. The number of hydrogen-bond donors (Lipinski definition) is 8. The average Bonchev–Trinajstić information content (AvgIpc) is 2.64. The van der Waals surface area contributed by atoms with Crippen LogP contribution in [0.1, 0.15) is 24.8 Å². The molecule has 160 valence electrons. The molecule has 0 aliphatic heterocycles. The van der Waals surface area contributed by atoms with Crippen LogP contribution in [0, 0.1) is 0 Å². The molecule has 11 nitrogen and oxygen atoms in total. The van der Waals surface area contributed by atoms with Crippen LogP contribution in [0.15, 0.2) is 24.3 Å². The second-order valence-electron chi connectivity index (χ2n) is 5.64. The van der Waals surface area contributed by atoms with Crippen molar-refractivity contribution in [2.75, 3.05) is 13.1 Å². The molecule has 1 aromatic carbocycles. The molecule has 0 spiro atoms. The molecule has 0 saturated heterocycles. The van der Waals surface area contributed by atoms with Crippen molar-refractivity contribution >= 4 is 17.9 Å². The molecule has 0 aliphatic rings. The number of carboxylic acids is 3. The van der Waals surface area contributed by atoms with Gasteiger partial charge in [-0.1, -0.05) is 18.6 Å². The Kier molecular flexibility index (Phi) is 16.1. The van der Waals surface area contributed by atoms with E-state index in [9.17, 15) is 14.4 Å². The standard InChI is InChI=1S/C9H11NO3.C6H14N2O2.C2H5NO2/c10-8(9(12)13)5-6-1-3-7(11)4-2-6;7-4-2-1-3-5(8)6(9)10;3-1-2(4)5/h1-4,8,11H,5,10H2,(H,12,13);5H,1-4,7-8H2,(H,9,10);1,3H2,(H,4,5)/t8-;5-;/m00./s1. The Labute approximate surface area is 162 Å². The van der Waals surface area contributed by atoms with Gasteiger partial charge in [-0.3, -0.25) is 14.4 Å². The minimum atomic E-state index is -1.02. The summed E-state index contributed by atoms with van der Waals surface area (Å²) in [5.41, 5.74) is 21.1. The lowest BCUT2D eigenvalue weighted by Crippen LogP contribution is -2.32. The molecule has 28 heavy (non-hydrogen) atoms. The van der Waals surface area contributed by atoms with Crippen molar-refractivity contribution in [3.63, 3.8) is 0 Å². The van der Waals surface area contributed by atoms with Crippen LogP contribution in [0.5, 0.6) is 5.75 Å². The summed E-state index contributed by atoms with van der Waals surface area (Å²) >= 11 is 0. The van der Waals surface area contributed by atoms with Gasteiger partial charge in [0.15, 0.2) is 0 Å². The summed E-state index contributed by atoms with van der Waals surface area (Å²) in [6, 6.07) is 4.71. The maximum absolute atomic E-state index is 10.4. The van der Waals surface area contributed by atoms with Gasteiger partial charge >= 0.3 is 17.9 Å². The monoisotopic (exact) mass is 402 g/mol. The zero-order valence-electron chi connectivity index (χ0n) is 15.5. The second-order valence-corrected chi connectivity index (χ2v) is 5.64. The van der Waals surface area contributed by atoms with Gasteiger partial charge in [-0.15, -0.1) is 0 Å². The normalized spacial score (nSPS) is 11.7. The predicted molar refractivity (Wildman–Crippen MR) is 103 cm³/mol. The minimum absolute atomic E-state index is 0.160. The molecule has 0 radical (unpaired) electrons. The first-order valence-corrected chi connectivity index (χ1v) is 8.41. The lowest BCUT2D eigenvalue weighted by molar-refractivity contribution is -0.139. The summed E-state index contributed by atoms with van der Waals surface area (Å²) in [5, 5.41) is 33.4. The molecule has 1 rings (SSSR count). The first kappa shape index (κ1) is 27.5. The molecule has 0 amide bonds. The summed E-state index contributed by atoms with van der Waals surface area (Å²) in [7, 11) is 0. The number of carbonyl (C=O) groups is 3. The van der Waals surface area contributed by atoms with Gasteiger partial charge in [0, 0.05) is 0 Å². The molecular formula is C17H30N4O7. The van der Waals surface area contributed by atoms with E-state index in [1.54, 1.807) is 12.1 Å². The van der Waals surface area contributed by atoms with Crippen LogP contribution in [0.2, 0.25) is 0 Å². The van der Waals surface area contributed by atoms with E-state index in [4.69, 9.17) is 37.6 Å². The zero-order chi connectivity index (χ0) is 22.1. The maximum Gasteiger partial charge on any atom is 0.320 e. The molecule has 0 unspecified atom stereocenters. The third kappa shape index (κ3) is 16.7. The van der Waals surface area contributed by atoms with Gasteiger partial charge in [-0.05, 0) is 43.5 Å². The van der Waals surface area contributed by atoms with Gasteiger partial charge in [0.2, 0.25) is 0 Å². The highest BCUT2D eigenvalue weighted by Gasteiger charge is 2.11. The SMILES string of the molecule is NCC(=O)O.NCCCC[C@H](N)C(=O)O.N[C@@H](Cc1ccc(O)cc1)C(=O)O. The van der Waals surface area contributed by atoms with Crippen molar-refractivity contribution < 1.29 is 34.8 Å². The molecule has 0 aliphatic carbocycles. The Morgan fingerprint density at radius 3 is 1.68 bits per heavy atom. The van der Waals surface area contributed by atoms with Gasteiger partial charge in [0.1, 0.15) is 17.8 Å². The smallest absolute Gasteiger partial charge is 0.320 e. The Bertz CT molecular complexity index is 581. The number of carboxylic acid groups (broad SMARTS) is 3. The van der Waals surface area contributed by atoms with Crippen LogP contribution in [0.4, 0.5) is 0 Å². The van der Waals surface area contributed by atoms with E-state index in [0.717, 1.165) is 18.4 Å². The highest BCUT2D eigenvalue weighted by Crippen LogP contribution is 2.10. The molecule has 0 bridgehead atoms. The molecule has 12 N–H and O–H groups in total. The van der Waals surface area contributed by atoms with Gasteiger partial charge in [0.25, 0.3) is 0 Å². The van der Waals surface area contributed by atoms with Gasteiger partial charge < -0.3 is 43.4 Å². The Morgan fingerprint density at radius 2 is 1.32 bits per heavy atom. The van der Waals surface area contributed by atoms with Crippen LogP contribution in [0.25, 0.3) is 0 Å². The van der Waals surface area contributed by atoms with Crippen molar-refractivity contribution in [1.29, 1.82) is 0 Å². The Morgan fingerprint density at radius 1 is 0.857 bits per heavy atom. The number of benzene rings is 1. The van der Waals surface area contributed by atoms with E-state index >= 15 is 0 Å². The predicted octanol–water partition coefficient (Wildman–Crippen LogP) is -1.10. The number of aliphatic carboxylic acids is 3. The van der Waals surface area contributed by atoms with Crippen LogP contribution in [-0.2, 0) is 20.8 Å². The zero-order valence-corrected chi connectivity index (χ0v) is 15.5. The number of phenolic OH excluding ortho intramolecular Hbond substituents is 1. The van der Waals surface area contributed by atoms with Crippen LogP contribution >= 0.6 is 0 Å². The van der Waals surface area contributed by atoms with E-state index in [1.165, 1.54) is 12.1 Å². The van der Waals surface area contributed by atoms with E-state index < -0.39 is 30.0 Å². The third-order valence-corrected chi connectivity index (χ3v) is 3.17. The molecule has 0 saturated carbocycles. The van der Waals surface area contributed by atoms with Gasteiger partial charge in [0.05, 0.1) is 6.54 Å². The van der Waals surface area contributed by atoms with E-state index in [-0.39, 0.29) is 18.7 Å². The minimum Gasteiger partial charge on any atom is -0.508 e. The Balaban J connectivity index is 0. The number of nitrogens with two attached hydrogens (primary N) is 4. The molecule has 2 atom stereocenters. The molecular weight excluding hydrogens is 372 g/mol. The number of aromatic hydroxyl groups is 1. The molecule has 0 heterocycles. The summed E-state index contributed by atoms with van der Waals surface area (Å²) in [4.78, 5) is 29.8. The summed E-state index contributed by atoms with van der Waals surface area (Å²) in [5.74, 6) is -2.76. The van der Waals surface area contributed by atoms with Crippen molar-refractivity contribution in [2.24, 2.45) is 22.9 Å². The van der Waals surface area contributed by atoms with Crippen molar-refractivity contribution in [3.05, 3.63) is 29.8 Å². The molecule has 1 aromatic rings. The third-order valence-electron chi connectivity index (χ3n) is 3.17. The highest BCUT2D eigenvalue weighted by atomic mass is 16.4. The summed E-state index contributed by atoms with van der Waals surface area (Å²) < 4.78 is 0. The quantitative estimate of drug-likeness (QED) is 0.231. The number of unbranched alkanes of at least 4 members (excludes halogenated alkanes) is 1. The molecule has 0 aromatic heterocycles. The second kappa shape index (κ2) is 16.4. The summed E-state index contributed by atoms with van der Waals surface area (Å²) in [6.07, 6.45) is 2.44. The lowest BCUT2D eigenvalue weighted by atomic mass is 10.1. The molecule has 0 fully saturated rings. The number of hydrogen-bond acceptors (Lipinski definition) is 8. The van der Waals surface area contributed by atoms with Crippen LogP contribution < -0.4 is 22.9 Å². The van der Waals surface area contributed by atoms with Gasteiger partial charge in [-0.2, -0.15) is 0 Å². The summed E-state index contributed by atoms with van der Waals surface area (Å²) in [6.45, 7) is 0.326. The number of rotatable bonds is 9. The largest absolute Gasteiger partial charge is 0.508 e. The first-order chi connectivity index (χ1) is 13.0. The number of phenols is 1. The van der Waals surface area contributed by atoms with Crippen LogP contribution in [0.3, 0.4) is 0 Å². The van der Waals surface area contributed by atoms with Crippen molar-refractivity contribution in [1.82, 2.24) is 0 Å². The van der Waals surface area contributed by atoms with Crippen molar-refractivity contribution in [3.8, 4) is 5.75 Å². The van der Waals surface area contributed by atoms with Crippen molar-refractivity contribution in [2.45, 2.75) is 37.8 Å². The Hall–Kier alpha value is -2.73. The van der Waals surface area contributed by atoms with E-state index in [1.807, 2.05) is 0 Å². The fourth-order valence-corrected chi connectivity index (χ4v) is 1.61. The van der Waals surface area contributed by atoms with E-state index in [2.05, 4.69) is 5.73 Å². The topological polar surface area (TPSA) is 236 Å². The van der Waals surface area contributed by atoms with Gasteiger partial charge in [-0.25, -0.2) is 0 Å². The average molecular weight is 402 g/mol.